The molecule has 1 fully saturated rings. The highest BCUT2D eigenvalue weighted by molar-refractivity contribution is 5.97. The molecule has 0 spiro atoms. The number of nitro benzene ring substituents is 1. The zero-order valence-corrected chi connectivity index (χ0v) is 12.1. The molecular weight excluding hydrogens is 304 g/mol. The first-order valence-corrected chi connectivity index (χ1v) is 6.97. The number of carboxylic acids is 1. The largest absolute Gasteiger partial charge is 0.481 e. The highest BCUT2D eigenvalue weighted by Crippen LogP contribution is 2.47. The summed E-state index contributed by atoms with van der Waals surface area (Å²) in [5.74, 6) is -3.53. The number of hydrogen-bond acceptors (Lipinski definition) is 5. The van der Waals surface area contributed by atoms with Crippen LogP contribution in [0.25, 0.3) is 0 Å². The van der Waals surface area contributed by atoms with Crippen molar-refractivity contribution in [2.75, 3.05) is 5.32 Å². The van der Waals surface area contributed by atoms with Crippen LogP contribution in [-0.4, -0.2) is 33.6 Å². The molecule has 2 aliphatic heterocycles. The van der Waals surface area contributed by atoms with Gasteiger partial charge in [-0.25, -0.2) is 0 Å². The standard InChI is InChI=1S/C15H14N2O6/c1-15-6-5-10(23-15)11(14(19)20)12(15)13(18)16-8-3-2-4-9(7-8)17(21)22/h2-7,10-12H,1H3,(H,16,18)(H,19,20)/t10-,11+,12-,15+/m1/s1. The summed E-state index contributed by atoms with van der Waals surface area (Å²) in [6, 6.07) is 5.48. The molecule has 0 unspecified atom stereocenters. The Labute approximate surface area is 130 Å². The number of rotatable bonds is 4. The van der Waals surface area contributed by atoms with Crippen molar-refractivity contribution in [2.45, 2.75) is 18.6 Å². The van der Waals surface area contributed by atoms with E-state index >= 15 is 0 Å². The number of nitrogens with one attached hydrogen (secondary N) is 1. The summed E-state index contributed by atoms with van der Waals surface area (Å²) in [7, 11) is 0. The van der Waals surface area contributed by atoms with Gasteiger partial charge >= 0.3 is 5.97 Å². The minimum atomic E-state index is -1.11. The maximum atomic E-state index is 12.5. The molecule has 8 heteroatoms. The Balaban J connectivity index is 1.85. The van der Waals surface area contributed by atoms with E-state index < -0.39 is 40.3 Å². The summed E-state index contributed by atoms with van der Waals surface area (Å²) in [6.07, 6.45) is 2.70. The van der Waals surface area contributed by atoms with Crippen LogP contribution in [0, 0.1) is 22.0 Å². The van der Waals surface area contributed by atoms with Gasteiger partial charge in [0.1, 0.15) is 5.92 Å². The first kappa shape index (κ1) is 15.2. The molecule has 1 aromatic rings. The lowest BCUT2D eigenvalue weighted by Gasteiger charge is -2.27. The predicted molar refractivity (Wildman–Crippen MR) is 78.8 cm³/mol. The number of anilines is 1. The Morgan fingerprint density at radius 3 is 2.83 bits per heavy atom. The van der Waals surface area contributed by atoms with Gasteiger partial charge in [0.25, 0.3) is 5.69 Å². The first-order chi connectivity index (χ1) is 10.8. The minimum absolute atomic E-state index is 0.159. The van der Waals surface area contributed by atoms with Crippen molar-refractivity contribution in [1.82, 2.24) is 0 Å². The number of fused-ring (bicyclic) bond motifs is 2. The van der Waals surface area contributed by atoms with E-state index in [0.717, 1.165) is 0 Å². The molecule has 23 heavy (non-hydrogen) atoms. The van der Waals surface area contributed by atoms with Crippen molar-refractivity contribution in [3.05, 3.63) is 46.5 Å². The number of ether oxygens (including phenoxy) is 1. The van der Waals surface area contributed by atoms with Gasteiger partial charge in [-0.1, -0.05) is 18.2 Å². The maximum Gasteiger partial charge on any atom is 0.310 e. The van der Waals surface area contributed by atoms with E-state index in [-0.39, 0.29) is 11.4 Å². The van der Waals surface area contributed by atoms with Crippen molar-refractivity contribution in [2.24, 2.45) is 11.8 Å². The summed E-state index contributed by atoms with van der Waals surface area (Å²) in [4.78, 5) is 34.2. The molecule has 120 valence electrons. The Kier molecular flexibility index (Phi) is 3.41. The van der Waals surface area contributed by atoms with Gasteiger partial charge in [0.05, 0.1) is 22.5 Å². The summed E-state index contributed by atoms with van der Waals surface area (Å²) in [5, 5.41) is 22.7. The van der Waals surface area contributed by atoms with E-state index in [2.05, 4.69) is 5.32 Å². The van der Waals surface area contributed by atoms with Crippen LogP contribution < -0.4 is 5.32 Å². The third kappa shape index (κ3) is 2.46. The lowest BCUT2D eigenvalue weighted by molar-refractivity contribution is -0.384. The molecule has 0 aromatic heterocycles. The Morgan fingerprint density at radius 1 is 1.43 bits per heavy atom. The fourth-order valence-corrected chi connectivity index (χ4v) is 3.20. The van der Waals surface area contributed by atoms with Crippen LogP contribution in [0.4, 0.5) is 11.4 Å². The van der Waals surface area contributed by atoms with Gasteiger partial charge < -0.3 is 15.2 Å². The average molecular weight is 318 g/mol. The lowest BCUT2D eigenvalue weighted by Crippen LogP contribution is -2.44. The lowest BCUT2D eigenvalue weighted by atomic mass is 9.75. The SMILES string of the molecule is C[C@@]12C=C[C@@H](O1)[C@H](C(=O)O)[C@@H]2C(=O)Nc1cccc([N+](=O)[O-])c1. The van der Waals surface area contributed by atoms with Crippen LogP contribution in [0.5, 0.6) is 0 Å². The van der Waals surface area contributed by atoms with Crippen LogP contribution in [-0.2, 0) is 14.3 Å². The molecule has 0 aliphatic carbocycles. The molecule has 4 atom stereocenters. The van der Waals surface area contributed by atoms with Gasteiger partial charge in [-0.05, 0) is 13.0 Å². The molecule has 0 saturated carbocycles. The van der Waals surface area contributed by atoms with E-state index in [1.54, 1.807) is 19.1 Å². The fraction of sp³-hybridized carbons (Fsp3) is 0.333. The number of carbonyl (C=O) groups excluding carboxylic acids is 1. The van der Waals surface area contributed by atoms with Gasteiger partial charge in [0.2, 0.25) is 5.91 Å². The number of carboxylic acid groups (broad SMARTS) is 1. The Hall–Kier alpha value is -2.74. The van der Waals surface area contributed by atoms with E-state index in [0.29, 0.717) is 0 Å². The van der Waals surface area contributed by atoms with E-state index in [4.69, 9.17) is 4.74 Å². The zero-order valence-electron chi connectivity index (χ0n) is 12.1. The van der Waals surface area contributed by atoms with E-state index in [1.807, 2.05) is 0 Å². The second-order valence-corrected chi connectivity index (χ2v) is 5.76. The summed E-state index contributed by atoms with van der Waals surface area (Å²) >= 11 is 0. The number of carbonyl (C=O) groups is 2. The molecule has 2 heterocycles. The summed E-state index contributed by atoms with van der Waals surface area (Å²) in [6.45, 7) is 1.66. The fourth-order valence-electron chi connectivity index (χ4n) is 3.20. The van der Waals surface area contributed by atoms with Gasteiger partial charge in [0.15, 0.2) is 0 Å². The predicted octanol–water partition coefficient (Wildman–Crippen LogP) is 1.58. The van der Waals surface area contributed by atoms with Gasteiger partial charge in [-0.15, -0.1) is 0 Å². The topological polar surface area (TPSA) is 119 Å². The molecule has 1 amide bonds. The monoisotopic (exact) mass is 318 g/mol. The van der Waals surface area contributed by atoms with Crippen molar-refractivity contribution in [3.63, 3.8) is 0 Å². The highest BCUT2D eigenvalue weighted by Gasteiger charge is 2.59. The Bertz CT molecular complexity index is 730. The molecule has 0 radical (unpaired) electrons. The quantitative estimate of drug-likeness (QED) is 0.494. The molecule has 2 N–H and O–H groups in total. The zero-order chi connectivity index (χ0) is 16.8. The van der Waals surface area contributed by atoms with Gasteiger partial charge in [-0.3, -0.25) is 19.7 Å². The number of aliphatic carboxylic acids is 1. The molecule has 2 aliphatic rings. The van der Waals surface area contributed by atoms with Gasteiger partial charge in [0, 0.05) is 17.8 Å². The molecule has 1 saturated heterocycles. The van der Waals surface area contributed by atoms with E-state index in [9.17, 15) is 24.8 Å². The Morgan fingerprint density at radius 2 is 2.17 bits per heavy atom. The van der Waals surface area contributed by atoms with Crippen molar-refractivity contribution < 1.29 is 24.4 Å². The second-order valence-electron chi connectivity index (χ2n) is 5.76. The second kappa shape index (κ2) is 5.17. The van der Waals surface area contributed by atoms with Crippen LogP contribution in [0.3, 0.4) is 0 Å². The third-order valence-corrected chi connectivity index (χ3v) is 4.23. The summed E-state index contributed by atoms with van der Waals surface area (Å²) < 4.78 is 5.61. The minimum Gasteiger partial charge on any atom is -0.481 e. The van der Waals surface area contributed by atoms with Crippen molar-refractivity contribution in [1.29, 1.82) is 0 Å². The highest BCUT2D eigenvalue weighted by atomic mass is 16.6. The summed E-state index contributed by atoms with van der Waals surface area (Å²) in [5.41, 5.74) is -0.907. The number of benzene rings is 1. The number of non-ortho nitro benzene ring substituents is 1. The third-order valence-electron chi connectivity index (χ3n) is 4.23. The van der Waals surface area contributed by atoms with Crippen LogP contribution in [0.1, 0.15) is 6.92 Å². The van der Waals surface area contributed by atoms with Crippen LogP contribution in [0.15, 0.2) is 36.4 Å². The van der Waals surface area contributed by atoms with Crippen molar-refractivity contribution in [3.8, 4) is 0 Å². The van der Waals surface area contributed by atoms with Crippen LogP contribution >= 0.6 is 0 Å². The molecule has 8 nitrogen and oxygen atoms in total. The number of nitrogens with zero attached hydrogens (tertiary/aromatic N) is 1. The van der Waals surface area contributed by atoms with Crippen LogP contribution in [0.2, 0.25) is 0 Å². The first-order valence-electron chi connectivity index (χ1n) is 6.97. The molecule has 2 bridgehead atoms. The number of amides is 1. The molecular formula is C15H14N2O6. The van der Waals surface area contributed by atoms with E-state index in [1.165, 1.54) is 24.3 Å². The average Bonchev–Trinajstić information content (AvgIpc) is 3.00. The number of nitro groups is 1. The number of hydrogen-bond donors (Lipinski definition) is 2. The smallest absolute Gasteiger partial charge is 0.310 e. The maximum absolute atomic E-state index is 12.5. The molecule has 1 aromatic carbocycles. The molecule has 3 rings (SSSR count). The van der Waals surface area contributed by atoms with Gasteiger partial charge in [-0.2, -0.15) is 0 Å². The normalized spacial score (nSPS) is 31.1. The van der Waals surface area contributed by atoms with Crippen molar-refractivity contribution >= 4 is 23.3 Å².